The van der Waals surface area contributed by atoms with Crippen molar-refractivity contribution < 1.29 is 9.32 Å². The second-order valence-electron chi connectivity index (χ2n) is 8.10. The third-order valence-corrected chi connectivity index (χ3v) is 5.79. The van der Waals surface area contributed by atoms with Crippen molar-refractivity contribution in [3.63, 3.8) is 0 Å². The Kier molecular flexibility index (Phi) is 4.73. The fraction of sp³-hybridized carbons (Fsp3) is 0.292. The minimum absolute atomic E-state index is 0.125. The van der Waals surface area contributed by atoms with E-state index in [2.05, 4.69) is 50.3 Å². The molecule has 4 aromatic rings. The van der Waals surface area contributed by atoms with Gasteiger partial charge < -0.3 is 19.3 Å². The van der Waals surface area contributed by atoms with E-state index >= 15 is 0 Å². The summed E-state index contributed by atoms with van der Waals surface area (Å²) >= 11 is 0. The normalized spacial score (nSPS) is 13.5. The molecular formula is C24H25N5O2. The summed E-state index contributed by atoms with van der Waals surface area (Å²) in [6, 6.07) is 14.5. The molecule has 2 aromatic heterocycles. The Labute approximate surface area is 180 Å². The summed E-state index contributed by atoms with van der Waals surface area (Å²) in [5.74, 6) is 1.57. The molecule has 0 atom stereocenters. The predicted octanol–water partition coefficient (Wildman–Crippen LogP) is 4.52. The molecule has 1 aliphatic rings. The van der Waals surface area contributed by atoms with Crippen LogP contribution < -0.4 is 10.2 Å². The zero-order chi connectivity index (χ0) is 21.5. The van der Waals surface area contributed by atoms with Crippen LogP contribution in [0.3, 0.4) is 0 Å². The van der Waals surface area contributed by atoms with Gasteiger partial charge in [-0.1, -0.05) is 35.5 Å². The quantitative estimate of drug-likeness (QED) is 0.518. The van der Waals surface area contributed by atoms with Crippen LogP contribution in [-0.4, -0.2) is 33.7 Å². The van der Waals surface area contributed by atoms with Crippen molar-refractivity contribution in [2.24, 2.45) is 0 Å². The number of amides is 1. The third kappa shape index (κ3) is 3.46. The van der Waals surface area contributed by atoms with E-state index in [1.165, 1.54) is 12.5 Å². The summed E-state index contributed by atoms with van der Waals surface area (Å²) in [6.45, 7) is 8.04. The molecule has 3 heterocycles. The third-order valence-electron chi connectivity index (χ3n) is 5.79. The first kappa shape index (κ1) is 19.4. The van der Waals surface area contributed by atoms with Gasteiger partial charge in [-0.15, -0.1) is 0 Å². The van der Waals surface area contributed by atoms with E-state index in [-0.39, 0.29) is 5.91 Å². The molecule has 0 spiro atoms. The molecule has 1 amide bonds. The minimum Gasteiger partial charge on any atom is -0.361 e. The highest BCUT2D eigenvalue weighted by Gasteiger charge is 2.25. The maximum absolute atomic E-state index is 12.0. The van der Waals surface area contributed by atoms with Crippen LogP contribution in [0.2, 0.25) is 0 Å². The highest BCUT2D eigenvalue weighted by molar-refractivity contribution is 6.02. The highest BCUT2D eigenvalue weighted by atomic mass is 16.5. The average molecular weight is 415 g/mol. The SMILES string of the molecule is CC(=O)Nc1cc(-c2c(C)noc2C)cc2c1nc(N1CCC1)n2Cc1ccccc1. The standard InChI is InChI=1S/C24H25N5O2/c1-15-22(16(2)31-27-15)19-12-20(25-17(3)30)23-21(13-19)29(14-18-8-5-4-6-9-18)24(26-23)28-10-7-11-28/h4-6,8-9,12-13H,7,10-11,14H2,1-3H3,(H,25,30). The van der Waals surface area contributed by atoms with Crippen molar-refractivity contribution in [3.05, 3.63) is 59.5 Å². The number of fused-ring (bicyclic) bond motifs is 1. The molecule has 0 aliphatic carbocycles. The van der Waals surface area contributed by atoms with E-state index in [9.17, 15) is 4.79 Å². The van der Waals surface area contributed by atoms with Crippen LogP contribution in [0, 0.1) is 13.8 Å². The van der Waals surface area contributed by atoms with E-state index in [0.717, 1.165) is 59.1 Å². The summed E-state index contributed by atoms with van der Waals surface area (Å²) in [5, 5.41) is 7.10. The van der Waals surface area contributed by atoms with Gasteiger partial charge in [-0.2, -0.15) is 0 Å². The van der Waals surface area contributed by atoms with Gasteiger partial charge >= 0.3 is 0 Å². The van der Waals surface area contributed by atoms with Crippen LogP contribution in [0.4, 0.5) is 11.6 Å². The molecule has 0 saturated carbocycles. The number of benzene rings is 2. The molecule has 2 aromatic carbocycles. The van der Waals surface area contributed by atoms with Gasteiger partial charge in [0, 0.05) is 25.6 Å². The first-order valence-electron chi connectivity index (χ1n) is 10.6. The number of carbonyl (C=O) groups is 1. The van der Waals surface area contributed by atoms with Gasteiger partial charge in [-0.05, 0) is 43.5 Å². The Hall–Kier alpha value is -3.61. The fourth-order valence-electron chi connectivity index (χ4n) is 4.21. The molecule has 1 N–H and O–H groups in total. The average Bonchev–Trinajstić information content (AvgIpc) is 3.21. The molecule has 1 aliphatic heterocycles. The number of nitrogens with one attached hydrogen (secondary N) is 1. The number of hydrogen-bond acceptors (Lipinski definition) is 5. The largest absolute Gasteiger partial charge is 0.361 e. The van der Waals surface area contributed by atoms with E-state index in [1.807, 2.05) is 26.0 Å². The zero-order valence-electron chi connectivity index (χ0n) is 18.0. The summed E-state index contributed by atoms with van der Waals surface area (Å²) in [5.41, 5.74) is 6.41. The van der Waals surface area contributed by atoms with Gasteiger partial charge in [0.25, 0.3) is 0 Å². The minimum atomic E-state index is -0.125. The molecule has 7 nitrogen and oxygen atoms in total. The van der Waals surface area contributed by atoms with Gasteiger partial charge in [0.1, 0.15) is 11.3 Å². The molecule has 7 heteroatoms. The van der Waals surface area contributed by atoms with Gasteiger partial charge in [-0.25, -0.2) is 4.98 Å². The number of imidazole rings is 1. The number of anilines is 2. The van der Waals surface area contributed by atoms with Gasteiger partial charge in [0.2, 0.25) is 11.9 Å². The molecule has 1 saturated heterocycles. The first-order valence-corrected chi connectivity index (χ1v) is 10.6. The van der Waals surface area contributed by atoms with Crippen molar-refractivity contribution >= 4 is 28.6 Å². The van der Waals surface area contributed by atoms with Crippen molar-refractivity contribution in [1.82, 2.24) is 14.7 Å². The Balaban J connectivity index is 1.76. The zero-order valence-corrected chi connectivity index (χ0v) is 18.0. The van der Waals surface area contributed by atoms with Crippen LogP contribution in [0.1, 0.15) is 30.4 Å². The smallest absolute Gasteiger partial charge is 0.221 e. The predicted molar refractivity (Wildman–Crippen MR) is 121 cm³/mol. The Morgan fingerprint density at radius 3 is 2.55 bits per heavy atom. The lowest BCUT2D eigenvalue weighted by Crippen LogP contribution is -2.39. The summed E-state index contributed by atoms with van der Waals surface area (Å²) < 4.78 is 7.66. The van der Waals surface area contributed by atoms with Crippen LogP contribution >= 0.6 is 0 Å². The van der Waals surface area contributed by atoms with Crippen LogP contribution in [-0.2, 0) is 11.3 Å². The van der Waals surface area contributed by atoms with Crippen LogP contribution in [0.5, 0.6) is 0 Å². The number of hydrogen-bond donors (Lipinski definition) is 1. The van der Waals surface area contributed by atoms with Crippen molar-refractivity contribution in [1.29, 1.82) is 0 Å². The molecule has 31 heavy (non-hydrogen) atoms. The molecule has 5 rings (SSSR count). The van der Waals surface area contributed by atoms with Crippen molar-refractivity contribution in [3.8, 4) is 11.1 Å². The maximum Gasteiger partial charge on any atom is 0.221 e. The number of aromatic nitrogens is 3. The fourth-order valence-corrected chi connectivity index (χ4v) is 4.21. The first-order chi connectivity index (χ1) is 15.0. The highest BCUT2D eigenvalue weighted by Crippen LogP contribution is 2.37. The monoisotopic (exact) mass is 415 g/mol. The Bertz CT molecular complexity index is 1250. The maximum atomic E-state index is 12.0. The van der Waals surface area contributed by atoms with Crippen molar-refractivity contribution in [2.75, 3.05) is 23.3 Å². The van der Waals surface area contributed by atoms with Gasteiger partial charge in [0.15, 0.2) is 0 Å². The summed E-state index contributed by atoms with van der Waals surface area (Å²) in [6.07, 6.45) is 1.16. The van der Waals surface area contributed by atoms with E-state index in [1.54, 1.807) is 0 Å². The summed E-state index contributed by atoms with van der Waals surface area (Å²) in [4.78, 5) is 19.3. The lowest BCUT2D eigenvalue weighted by atomic mass is 10.0. The lowest BCUT2D eigenvalue weighted by Gasteiger charge is -2.32. The van der Waals surface area contributed by atoms with Crippen LogP contribution in [0.15, 0.2) is 47.0 Å². The summed E-state index contributed by atoms with van der Waals surface area (Å²) in [7, 11) is 0. The number of aryl methyl sites for hydroxylation is 2. The van der Waals surface area contributed by atoms with Gasteiger partial charge in [0.05, 0.1) is 23.4 Å². The molecule has 0 bridgehead atoms. The Morgan fingerprint density at radius 1 is 1.16 bits per heavy atom. The molecule has 1 fully saturated rings. The van der Waals surface area contributed by atoms with E-state index < -0.39 is 0 Å². The molecule has 0 unspecified atom stereocenters. The van der Waals surface area contributed by atoms with Crippen LogP contribution in [0.25, 0.3) is 22.2 Å². The van der Waals surface area contributed by atoms with Gasteiger partial charge in [-0.3, -0.25) is 4.79 Å². The topological polar surface area (TPSA) is 76.2 Å². The lowest BCUT2D eigenvalue weighted by molar-refractivity contribution is -0.114. The number of carbonyl (C=O) groups excluding carboxylic acids is 1. The Morgan fingerprint density at radius 2 is 1.94 bits per heavy atom. The number of nitrogens with zero attached hydrogens (tertiary/aromatic N) is 4. The second-order valence-corrected chi connectivity index (χ2v) is 8.10. The number of rotatable bonds is 5. The van der Waals surface area contributed by atoms with E-state index in [4.69, 9.17) is 9.51 Å². The molecular weight excluding hydrogens is 390 g/mol. The van der Waals surface area contributed by atoms with Crippen molar-refractivity contribution in [2.45, 2.75) is 33.7 Å². The molecule has 0 radical (unpaired) electrons. The van der Waals surface area contributed by atoms with E-state index in [0.29, 0.717) is 12.2 Å². The molecule has 158 valence electrons. The second kappa shape index (κ2) is 7.58.